The van der Waals surface area contributed by atoms with Crippen molar-refractivity contribution in [2.45, 2.75) is 50.6 Å². The van der Waals surface area contributed by atoms with Crippen molar-refractivity contribution in [3.63, 3.8) is 0 Å². The fourth-order valence-electron chi connectivity index (χ4n) is 4.86. The minimum atomic E-state index is -0.619. The number of carbonyl (C=O) groups is 1. The Morgan fingerprint density at radius 1 is 1.07 bits per heavy atom. The van der Waals surface area contributed by atoms with Crippen molar-refractivity contribution in [2.75, 3.05) is 25.1 Å². The van der Waals surface area contributed by atoms with Crippen molar-refractivity contribution < 1.29 is 19.0 Å². The zero-order valence-corrected chi connectivity index (χ0v) is 28.0. The highest BCUT2D eigenvalue weighted by atomic mass is 79.9. The maximum Gasteiger partial charge on any atom is 0.338 e. The maximum atomic E-state index is 13.5. The minimum absolute atomic E-state index is 0.313. The Kier molecular flexibility index (Phi) is 10.9. The van der Waals surface area contributed by atoms with E-state index < -0.39 is 12.0 Å². The summed E-state index contributed by atoms with van der Waals surface area (Å²) < 4.78 is 20.4. The average Bonchev–Trinajstić information content (AvgIpc) is 3.42. The topological polar surface area (TPSA) is 87.5 Å². The first kappa shape index (κ1) is 31.9. The number of anilines is 1. The van der Waals surface area contributed by atoms with Gasteiger partial charge in [-0.3, -0.25) is 0 Å². The van der Waals surface area contributed by atoms with Crippen LogP contribution in [0.4, 0.5) is 5.95 Å². The molecule has 1 aliphatic heterocycles. The SMILES string of the molecule is CCCOC(=O)C1=C(C)Nc2nc(SCc3ccccc3Cl)nn2C1c1cc(Br)c(OCCc2ccccc2)c(OCC)c1. The molecule has 0 amide bonds. The van der Waals surface area contributed by atoms with Crippen molar-refractivity contribution in [3.8, 4) is 11.5 Å². The van der Waals surface area contributed by atoms with E-state index in [1.807, 2.05) is 75.4 Å². The van der Waals surface area contributed by atoms with Crippen LogP contribution < -0.4 is 14.8 Å². The van der Waals surface area contributed by atoms with Gasteiger partial charge in [-0.1, -0.05) is 78.8 Å². The molecule has 44 heavy (non-hydrogen) atoms. The molecule has 1 unspecified atom stereocenters. The second-order valence-corrected chi connectivity index (χ2v) is 12.3. The standard InChI is InChI=1S/C33H34BrClN4O4S/c1-4-16-43-31(40)28-21(3)36-32-37-33(44-20-23-13-9-10-14-26(23)35)38-39(32)29(28)24-18-25(34)30(27(19-24)41-5-2)42-17-15-22-11-7-6-8-12-22/h6-14,18-19,29H,4-5,15-17,20H2,1-3H3,(H,36,37,38). The lowest BCUT2D eigenvalue weighted by Crippen LogP contribution is -2.30. The van der Waals surface area contributed by atoms with Gasteiger partial charge in [-0.25, -0.2) is 9.48 Å². The molecule has 5 rings (SSSR count). The van der Waals surface area contributed by atoms with Gasteiger partial charge in [0.05, 0.1) is 29.9 Å². The molecule has 1 atom stereocenters. The number of halogens is 2. The summed E-state index contributed by atoms with van der Waals surface area (Å²) in [6, 6.07) is 21.1. The third kappa shape index (κ3) is 7.42. The second-order valence-electron chi connectivity index (χ2n) is 10.1. The second kappa shape index (κ2) is 15.0. The largest absolute Gasteiger partial charge is 0.490 e. The van der Waals surface area contributed by atoms with Gasteiger partial charge in [-0.2, -0.15) is 4.98 Å². The van der Waals surface area contributed by atoms with Gasteiger partial charge in [0, 0.05) is 22.9 Å². The van der Waals surface area contributed by atoms with Gasteiger partial charge in [-0.15, -0.1) is 5.10 Å². The molecule has 11 heteroatoms. The van der Waals surface area contributed by atoms with E-state index in [9.17, 15) is 4.79 Å². The summed E-state index contributed by atoms with van der Waals surface area (Å²) in [7, 11) is 0. The van der Waals surface area contributed by atoms with Gasteiger partial charge < -0.3 is 19.5 Å². The highest BCUT2D eigenvalue weighted by molar-refractivity contribution is 9.10. The lowest BCUT2D eigenvalue weighted by Gasteiger charge is -2.29. The van der Waals surface area contributed by atoms with E-state index in [0.29, 0.717) is 75.4 Å². The van der Waals surface area contributed by atoms with Crippen LogP contribution in [-0.2, 0) is 21.7 Å². The third-order valence-electron chi connectivity index (χ3n) is 6.93. The molecule has 3 aromatic carbocycles. The van der Waals surface area contributed by atoms with E-state index in [2.05, 4.69) is 33.4 Å². The van der Waals surface area contributed by atoms with Crippen molar-refractivity contribution in [2.24, 2.45) is 0 Å². The van der Waals surface area contributed by atoms with Crippen LogP contribution in [0.3, 0.4) is 0 Å². The zero-order chi connectivity index (χ0) is 31.1. The van der Waals surface area contributed by atoms with E-state index in [1.54, 1.807) is 4.68 Å². The fraction of sp³-hybridized carbons (Fsp3) is 0.303. The van der Waals surface area contributed by atoms with E-state index in [0.717, 1.165) is 17.5 Å². The summed E-state index contributed by atoms with van der Waals surface area (Å²) in [5.74, 6) is 1.88. The Morgan fingerprint density at radius 2 is 1.84 bits per heavy atom. The number of allylic oxidation sites excluding steroid dienone is 1. The van der Waals surface area contributed by atoms with Crippen molar-refractivity contribution >= 4 is 51.2 Å². The molecule has 0 fully saturated rings. The Balaban J connectivity index is 1.49. The van der Waals surface area contributed by atoms with Crippen LogP contribution >= 0.6 is 39.3 Å². The van der Waals surface area contributed by atoms with Gasteiger partial charge in [0.2, 0.25) is 11.1 Å². The summed E-state index contributed by atoms with van der Waals surface area (Å²) in [5.41, 5.74) is 4.05. The smallest absolute Gasteiger partial charge is 0.338 e. The van der Waals surface area contributed by atoms with E-state index >= 15 is 0 Å². The molecular weight excluding hydrogens is 664 g/mol. The number of carbonyl (C=O) groups excluding carboxylic acids is 1. The monoisotopic (exact) mass is 696 g/mol. The molecule has 0 spiro atoms. The summed E-state index contributed by atoms with van der Waals surface area (Å²) in [4.78, 5) is 18.2. The van der Waals surface area contributed by atoms with E-state index in [4.69, 9.17) is 35.9 Å². The Hall–Kier alpha value is -3.47. The lowest BCUT2D eigenvalue weighted by atomic mass is 9.95. The molecule has 8 nitrogen and oxygen atoms in total. The fourth-order valence-corrected chi connectivity index (χ4v) is 6.55. The molecule has 1 N–H and O–H groups in total. The molecule has 0 aliphatic carbocycles. The highest BCUT2D eigenvalue weighted by Crippen LogP contribution is 2.43. The first-order valence-corrected chi connectivity index (χ1v) is 16.7. The van der Waals surface area contributed by atoms with E-state index in [-0.39, 0.29) is 0 Å². The van der Waals surface area contributed by atoms with Crippen LogP contribution in [0.1, 0.15) is 49.9 Å². The number of rotatable bonds is 13. The number of benzene rings is 3. The first-order chi connectivity index (χ1) is 21.4. The highest BCUT2D eigenvalue weighted by Gasteiger charge is 2.36. The number of fused-ring (bicyclic) bond motifs is 1. The van der Waals surface area contributed by atoms with Gasteiger partial charge in [0.1, 0.15) is 6.04 Å². The lowest BCUT2D eigenvalue weighted by molar-refractivity contribution is -0.139. The first-order valence-electron chi connectivity index (χ1n) is 14.5. The van der Waals surface area contributed by atoms with Crippen LogP contribution in [0.2, 0.25) is 5.02 Å². The summed E-state index contributed by atoms with van der Waals surface area (Å²) in [5, 5.41) is 9.36. The van der Waals surface area contributed by atoms with Gasteiger partial charge in [0.25, 0.3) is 0 Å². The molecule has 0 saturated heterocycles. The number of hydrogen-bond donors (Lipinski definition) is 1. The molecule has 1 aromatic heterocycles. The molecule has 2 heterocycles. The van der Waals surface area contributed by atoms with Gasteiger partial charge in [0.15, 0.2) is 11.5 Å². The number of nitrogens with zero attached hydrogens (tertiary/aromatic N) is 3. The van der Waals surface area contributed by atoms with Crippen LogP contribution in [0, 0.1) is 0 Å². The zero-order valence-electron chi connectivity index (χ0n) is 24.8. The molecule has 0 bridgehead atoms. The molecule has 0 saturated carbocycles. The quantitative estimate of drug-likeness (QED) is 0.110. The van der Waals surface area contributed by atoms with Crippen LogP contribution in [0.25, 0.3) is 0 Å². The average molecular weight is 698 g/mol. The van der Waals surface area contributed by atoms with E-state index in [1.165, 1.54) is 17.3 Å². The maximum absolute atomic E-state index is 13.5. The molecule has 0 radical (unpaired) electrons. The molecule has 1 aliphatic rings. The predicted molar refractivity (Wildman–Crippen MR) is 178 cm³/mol. The van der Waals surface area contributed by atoms with Gasteiger partial charge in [-0.05, 0) is 71.1 Å². The number of esters is 1. The number of ether oxygens (including phenoxy) is 3. The van der Waals surface area contributed by atoms with Crippen molar-refractivity contribution in [3.05, 3.63) is 104 Å². The van der Waals surface area contributed by atoms with Crippen molar-refractivity contribution in [1.29, 1.82) is 0 Å². The van der Waals surface area contributed by atoms with Crippen LogP contribution in [0.15, 0.2) is 87.6 Å². The number of hydrogen-bond acceptors (Lipinski definition) is 8. The Labute approximate surface area is 275 Å². The third-order valence-corrected chi connectivity index (χ3v) is 8.78. The molecule has 4 aromatic rings. The summed E-state index contributed by atoms with van der Waals surface area (Å²) in [6.07, 6.45) is 1.46. The number of nitrogens with one attached hydrogen (secondary N) is 1. The van der Waals surface area contributed by atoms with Crippen molar-refractivity contribution in [1.82, 2.24) is 14.8 Å². The summed E-state index contributed by atoms with van der Waals surface area (Å²) >= 11 is 11.6. The number of aromatic nitrogens is 3. The van der Waals surface area contributed by atoms with Crippen LogP contribution in [-0.4, -0.2) is 40.6 Å². The molecule has 230 valence electrons. The Morgan fingerprint density at radius 3 is 2.59 bits per heavy atom. The van der Waals surface area contributed by atoms with Gasteiger partial charge >= 0.3 is 5.97 Å². The summed E-state index contributed by atoms with van der Waals surface area (Å²) in [6.45, 7) is 6.97. The Bertz CT molecular complexity index is 1650. The van der Waals surface area contributed by atoms with Crippen LogP contribution in [0.5, 0.6) is 11.5 Å². The minimum Gasteiger partial charge on any atom is -0.490 e. The number of thioether (sulfide) groups is 1. The predicted octanol–water partition coefficient (Wildman–Crippen LogP) is 8.25. The molecular formula is C33H34BrClN4O4S. The normalized spacial score (nSPS) is 14.2.